The van der Waals surface area contributed by atoms with Crippen molar-refractivity contribution in [3.05, 3.63) is 52.5 Å². The van der Waals surface area contributed by atoms with Crippen LogP contribution >= 0.6 is 15.9 Å². The van der Waals surface area contributed by atoms with Gasteiger partial charge in [0, 0.05) is 21.8 Å². The molecule has 0 spiro atoms. The Kier molecular flexibility index (Phi) is 9.19. The highest BCUT2D eigenvalue weighted by molar-refractivity contribution is 9.10. The van der Waals surface area contributed by atoms with Crippen LogP contribution in [-0.2, 0) is 4.79 Å². The van der Waals surface area contributed by atoms with E-state index in [1.165, 1.54) is 12.8 Å². The van der Waals surface area contributed by atoms with Crippen molar-refractivity contribution in [1.29, 1.82) is 0 Å². The van der Waals surface area contributed by atoms with Crippen molar-refractivity contribution in [3.63, 3.8) is 0 Å². The second-order valence-electron chi connectivity index (χ2n) is 7.23. The molecule has 0 atom stereocenters. The number of carbonyl (C=O) groups is 2. The van der Waals surface area contributed by atoms with Gasteiger partial charge in [-0.25, -0.2) is 0 Å². The minimum absolute atomic E-state index is 0.0702. The zero-order chi connectivity index (χ0) is 21.2. The van der Waals surface area contributed by atoms with Gasteiger partial charge in [0.05, 0.1) is 12.2 Å². The summed E-state index contributed by atoms with van der Waals surface area (Å²) in [4.78, 5) is 24.8. The van der Waals surface area contributed by atoms with Crippen LogP contribution in [0.5, 0.6) is 5.75 Å². The SMILES string of the molecule is CCCCCCOc1ccc(Br)cc1C(=O)Nc1cccc(NC(=O)C(C)C)c1. The molecule has 2 rings (SSSR count). The zero-order valence-corrected chi connectivity index (χ0v) is 18.8. The molecule has 0 aliphatic rings. The summed E-state index contributed by atoms with van der Waals surface area (Å²) in [6.07, 6.45) is 4.43. The first-order valence-electron chi connectivity index (χ1n) is 10.0. The number of ether oxygens (including phenoxy) is 1. The monoisotopic (exact) mass is 460 g/mol. The standard InChI is InChI=1S/C23H29BrN2O3/c1-4-5-6-7-13-29-21-12-11-17(24)14-20(21)23(28)26-19-10-8-9-18(15-19)25-22(27)16(2)3/h8-12,14-16H,4-7,13H2,1-3H3,(H,25,27)(H,26,28). The van der Waals surface area contributed by atoms with Gasteiger partial charge in [-0.3, -0.25) is 9.59 Å². The quantitative estimate of drug-likeness (QED) is 0.411. The molecule has 0 saturated heterocycles. The molecule has 0 aliphatic carbocycles. The van der Waals surface area contributed by atoms with E-state index in [1.54, 1.807) is 36.4 Å². The average molecular weight is 461 g/mol. The molecule has 0 radical (unpaired) electrons. The first kappa shape index (κ1) is 22.9. The summed E-state index contributed by atoms with van der Waals surface area (Å²) in [5, 5.41) is 5.73. The Labute approximate surface area is 181 Å². The second kappa shape index (κ2) is 11.6. The number of unbranched alkanes of at least 4 members (excludes halogenated alkanes) is 3. The number of hydrogen-bond donors (Lipinski definition) is 2. The second-order valence-corrected chi connectivity index (χ2v) is 8.14. The van der Waals surface area contributed by atoms with Gasteiger partial charge in [-0.1, -0.05) is 62.0 Å². The van der Waals surface area contributed by atoms with Crippen molar-refractivity contribution >= 4 is 39.1 Å². The van der Waals surface area contributed by atoms with E-state index in [0.717, 1.165) is 17.3 Å². The van der Waals surface area contributed by atoms with Crippen LogP contribution in [0.4, 0.5) is 11.4 Å². The summed E-state index contributed by atoms with van der Waals surface area (Å²) in [6.45, 7) is 6.41. The van der Waals surface area contributed by atoms with Crippen LogP contribution in [0.1, 0.15) is 56.8 Å². The maximum atomic E-state index is 12.9. The number of rotatable bonds is 10. The number of nitrogens with one attached hydrogen (secondary N) is 2. The van der Waals surface area contributed by atoms with Gasteiger partial charge in [0.25, 0.3) is 5.91 Å². The third-order valence-corrected chi connectivity index (χ3v) is 4.85. The van der Waals surface area contributed by atoms with Crippen LogP contribution in [0.2, 0.25) is 0 Å². The Hall–Kier alpha value is -2.34. The van der Waals surface area contributed by atoms with E-state index >= 15 is 0 Å². The first-order valence-corrected chi connectivity index (χ1v) is 10.8. The number of hydrogen-bond acceptors (Lipinski definition) is 3. The third-order valence-electron chi connectivity index (χ3n) is 4.35. The van der Waals surface area contributed by atoms with Crippen molar-refractivity contribution in [2.45, 2.75) is 46.5 Å². The maximum absolute atomic E-state index is 12.9. The minimum Gasteiger partial charge on any atom is -0.493 e. The van der Waals surface area contributed by atoms with Gasteiger partial charge in [-0.2, -0.15) is 0 Å². The zero-order valence-electron chi connectivity index (χ0n) is 17.3. The molecule has 29 heavy (non-hydrogen) atoms. The molecule has 0 bridgehead atoms. The molecule has 2 aromatic rings. The average Bonchev–Trinajstić information content (AvgIpc) is 2.69. The number of carbonyl (C=O) groups excluding carboxylic acids is 2. The molecule has 0 saturated carbocycles. The van der Waals surface area contributed by atoms with Gasteiger partial charge < -0.3 is 15.4 Å². The molecule has 0 unspecified atom stereocenters. The van der Waals surface area contributed by atoms with E-state index in [0.29, 0.717) is 29.3 Å². The van der Waals surface area contributed by atoms with E-state index < -0.39 is 0 Å². The predicted octanol–water partition coefficient (Wildman–Crippen LogP) is 6.26. The van der Waals surface area contributed by atoms with Crippen LogP contribution in [-0.4, -0.2) is 18.4 Å². The molecule has 5 nitrogen and oxygen atoms in total. The number of halogens is 1. The molecule has 2 aromatic carbocycles. The Morgan fingerprint density at radius 2 is 1.72 bits per heavy atom. The molecule has 0 aromatic heterocycles. The van der Waals surface area contributed by atoms with E-state index in [1.807, 2.05) is 19.9 Å². The minimum atomic E-state index is -0.262. The summed E-state index contributed by atoms with van der Waals surface area (Å²) >= 11 is 3.42. The largest absolute Gasteiger partial charge is 0.493 e. The van der Waals surface area contributed by atoms with Crippen LogP contribution < -0.4 is 15.4 Å². The van der Waals surface area contributed by atoms with Crippen LogP contribution in [0, 0.1) is 5.92 Å². The maximum Gasteiger partial charge on any atom is 0.259 e. The molecule has 2 amide bonds. The lowest BCUT2D eigenvalue weighted by Crippen LogP contribution is -2.18. The normalized spacial score (nSPS) is 10.7. The van der Waals surface area contributed by atoms with E-state index in [-0.39, 0.29) is 17.7 Å². The molecule has 0 aliphatic heterocycles. The Bertz CT molecular complexity index is 837. The van der Waals surface area contributed by atoms with Crippen molar-refractivity contribution < 1.29 is 14.3 Å². The Balaban J connectivity index is 2.08. The summed E-state index contributed by atoms with van der Waals surface area (Å²) in [5.74, 6) is 0.111. The molecule has 156 valence electrons. The highest BCUT2D eigenvalue weighted by atomic mass is 79.9. The molecule has 2 N–H and O–H groups in total. The van der Waals surface area contributed by atoms with Crippen molar-refractivity contribution in [3.8, 4) is 5.75 Å². The fourth-order valence-corrected chi connectivity index (χ4v) is 3.04. The topological polar surface area (TPSA) is 67.4 Å². The van der Waals surface area contributed by atoms with E-state index in [2.05, 4.69) is 33.5 Å². The predicted molar refractivity (Wildman–Crippen MR) is 122 cm³/mol. The van der Waals surface area contributed by atoms with Crippen LogP contribution in [0.25, 0.3) is 0 Å². The highest BCUT2D eigenvalue weighted by Crippen LogP contribution is 2.25. The lowest BCUT2D eigenvalue weighted by molar-refractivity contribution is -0.118. The number of amides is 2. The van der Waals surface area contributed by atoms with Gasteiger partial charge in [-0.15, -0.1) is 0 Å². The van der Waals surface area contributed by atoms with Gasteiger partial charge >= 0.3 is 0 Å². The number of anilines is 2. The van der Waals surface area contributed by atoms with Crippen LogP contribution in [0.3, 0.4) is 0 Å². The highest BCUT2D eigenvalue weighted by Gasteiger charge is 2.14. The smallest absolute Gasteiger partial charge is 0.259 e. The van der Waals surface area contributed by atoms with Gasteiger partial charge in [0.15, 0.2) is 0 Å². The lowest BCUT2D eigenvalue weighted by atomic mass is 10.1. The summed E-state index contributed by atoms with van der Waals surface area (Å²) < 4.78 is 6.67. The van der Waals surface area contributed by atoms with Crippen molar-refractivity contribution in [1.82, 2.24) is 0 Å². The molecule has 0 heterocycles. The lowest BCUT2D eigenvalue weighted by Gasteiger charge is -2.13. The summed E-state index contributed by atoms with van der Waals surface area (Å²) in [6, 6.07) is 12.5. The van der Waals surface area contributed by atoms with Gasteiger partial charge in [0.2, 0.25) is 5.91 Å². The summed E-state index contributed by atoms with van der Waals surface area (Å²) in [7, 11) is 0. The number of benzene rings is 2. The molecular formula is C23H29BrN2O3. The van der Waals surface area contributed by atoms with Gasteiger partial charge in [-0.05, 0) is 42.8 Å². The van der Waals surface area contributed by atoms with Gasteiger partial charge in [0.1, 0.15) is 5.75 Å². The Morgan fingerprint density at radius 1 is 1.00 bits per heavy atom. The molecule has 6 heteroatoms. The first-order chi connectivity index (χ1) is 13.9. The summed E-state index contributed by atoms with van der Waals surface area (Å²) in [5.41, 5.74) is 1.71. The Morgan fingerprint density at radius 3 is 2.41 bits per heavy atom. The van der Waals surface area contributed by atoms with E-state index in [4.69, 9.17) is 4.74 Å². The molecular weight excluding hydrogens is 432 g/mol. The van der Waals surface area contributed by atoms with Crippen LogP contribution in [0.15, 0.2) is 46.9 Å². The fourth-order valence-electron chi connectivity index (χ4n) is 2.68. The van der Waals surface area contributed by atoms with Crippen molar-refractivity contribution in [2.75, 3.05) is 17.2 Å². The van der Waals surface area contributed by atoms with E-state index in [9.17, 15) is 9.59 Å². The fraction of sp³-hybridized carbons (Fsp3) is 0.391. The molecule has 0 fully saturated rings. The third kappa shape index (κ3) is 7.54. The van der Waals surface area contributed by atoms with Crippen molar-refractivity contribution in [2.24, 2.45) is 5.92 Å².